The lowest BCUT2D eigenvalue weighted by molar-refractivity contribution is 0.289. The molecule has 1 aliphatic rings. The van der Waals surface area contributed by atoms with Crippen molar-refractivity contribution in [1.29, 1.82) is 0 Å². The van der Waals surface area contributed by atoms with E-state index in [-0.39, 0.29) is 24.0 Å². The van der Waals surface area contributed by atoms with E-state index in [0.29, 0.717) is 0 Å². The van der Waals surface area contributed by atoms with Gasteiger partial charge in [-0.3, -0.25) is 4.99 Å². The first-order valence-electron chi connectivity index (χ1n) is 7.03. The van der Waals surface area contributed by atoms with Gasteiger partial charge in [0.05, 0.1) is 0 Å². The summed E-state index contributed by atoms with van der Waals surface area (Å²) in [7, 11) is 1.83. The molecule has 1 rings (SSSR count). The Morgan fingerprint density at radius 1 is 1.06 bits per heavy atom. The highest BCUT2D eigenvalue weighted by Crippen LogP contribution is 2.08. The van der Waals surface area contributed by atoms with Gasteiger partial charge in [-0.05, 0) is 32.4 Å². The third-order valence-corrected chi connectivity index (χ3v) is 3.19. The minimum atomic E-state index is 0. The summed E-state index contributed by atoms with van der Waals surface area (Å²) in [6, 6.07) is 0. The number of guanidine groups is 1. The molecule has 0 saturated carbocycles. The molecule has 0 aromatic carbocycles. The second kappa shape index (κ2) is 12.0. The first-order valence-corrected chi connectivity index (χ1v) is 7.03. The number of halogens is 1. The van der Waals surface area contributed by atoms with Crippen molar-refractivity contribution in [2.75, 3.05) is 39.8 Å². The first-order chi connectivity index (χ1) is 8.36. The number of hydrogen-bond acceptors (Lipinski definition) is 2. The molecule has 0 atom stereocenters. The maximum absolute atomic E-state index is 4.20. The predicted molar refractivity (Wildman–Crippen MR) is 90.0 cm³/mol. The Bertz CT molecular complexity index is 213. The number of likely N-dealkylation sites (tertiary alicyclic amines) is 1. The Balaban J connectivity index is 0.00000289. The summed E-state index contributed by atoms with van der Waals surface area (Å²) in [5.41, 5.74) is 0. The topological polar surface area (TPSA) is 39.7 Å². The van der Waals surface area contributed by atoms with Crippen LogP contribution in [-0.2, 0) is 0 Å². The molecule has 5 heteroatoms. The van der Waals surface area contributed by atoms with Crippen molar-refractivity contribution in [3.05, 3.63) is 0 Å². The van der Waals surface area contributed by atoms with Crippen LogP contribution < -0.4 is 10.6 Å². The zero-order valence-electron chi connectivity index (χ0n) is 11.9. The summed E-state index contributed by atoms with van der Waals surface area (Å²) in [6.07, 6.45) is 6.67. The SMILES string of the molecule is CCCNC(=NC)NCCN1CCCCCC1.I. The van der Waals surface area contributed by atoms with E-state index in [1.165, 1.54) is 38.8 Å². The van der Waals surface area contributed by atoms with Crippen LogP contribution in [0.4, 0.5) is 0 Å². The Hall–Kier alpha value is -0.0400. The van der Waals surface area contributed by atoms with Crippen molar-refractivity contribution < 1.29 is 0 Å². The molecule has 108 valence electrons. The molecule has 18 heavy (non-hydrogen) atoms. The van der Waals surface area contributed by atoms with Gasteiger partial charge < -0.3 is 15.5 Å². The fourth-order valence-corrected chi connectivity index (χ4v) is 2.16. The van der Waals surface area contributed by atoms with Crippen LogP contribution in [0.15, 0.2) is 4.99 Å². The normalized spacial score (nSPS) is 17.8. The monoisotopic (exact) mass is 368 g/mol. The molecule has 1 heterocycles. The molecule has 4 nitrogen and oxygen atoms in total. The molecule has 1 saturated heterocycles. The summed E-state index contributed by atoms with van der Waals surface area (Å²) in [5, 5.41) is 6.66. The number of aliphatic imine (C=N–C) groups is 1. The number of rotatable bonds is 5. The molecule has 0 bridgehead atoms. The minimum Gasteiger partial charge on any atom is -0.356 e. The molecule has 0 aliphatic carbocycles. The van der Waals surface area contributed by atoms with Gasteiger partial charge >= 0.3 is 0 Å². The van der Waals surface area contributed by atoms with Gasteiger partial charge in [0.25, 0.3) is 0 Å². The standard InChI is InChI=1S/C13H28N4.HI/c1-3-8-15-13(14-2)16-9-12-17-10-6-4-5-7-11-17;/h3-12H2,1-2H3,(H2,14,15,16);1H. The van der Waals surface area contributed by atoms with E-state index in [2.05, 4.69) is 27.4 Å². The number of nitrogens with zero attached hydrogens (tertiary/aromatic N) is 2. The molecule has 0 aromatic heterocycles. The smallest absolute Gasteiger partial charge is 0.191 e. The zero-order valence-corrected chi connectivity index (χ0v) is 14.2. The molecule has 1 aliphatic heterocycles. The van der Waals surface area contributed by atoms with Gasteiger partial charge in [0.15, 0.2) is 5.96 Å². The van der Waals surface area contributed by atoms with Crippen molar-refractivity contribution in [1.82, 2.24) is 15.5 Å². The second-order valence-corrected chi connectivity index (χ2v) is 4.68. The van der Waals surface area contributed by atoms with E-state index >= 15 is 0 Å². The highest BCUT2D eigenvalue weighted by atomic mass is 127. The van der Waals surface area contributed by atoms with Gasteiger partial charge in [-0.1, -0.05) is 19.8 Å². The van der Waals surface area contributed by atoms with Crippen molar-refractivity contribution >= 4 is 29.9 Å². The van der Waals surface area contributed by atoms with Gasteiger partial charge in [-0.15, -0.1) is 24.0 Å². The van der Waals surface area contributed by atoms with Crippen LogP contribution in [0.3, 0.4) is 0 Å². The maximum Gasteiger partial charge on any atom is 0.191 e. The molecular weight excluding hydrogens is 339 g/mol. The van der Waals surface area contributed by atoms with Gasteiger partial charge in [0.2, 0.25) is 0 Å². The second-order valence-electron chi connectivity index (χ2n) is 4.68. The third kappa shape index (κ3) is 8.13. The number of hydrogen-bond donors (Lipinski definition) is 2. The predicted octanol–water partition coefficient (Wildman–Crippen LogP) is 2.06. The summed E-state index contributed by atoms with van der Waals surface area (Å²) < 4.78 is 0. The molecule has 0 amide bonds. The van der Waals surface area contributed by atoms with Gasteiger partial charge in [-0.25, -0.2) is 0 Å². The van der Waals surface area contributed by atoms with Crippen molar-refractivity contribution in [3.63, 3.8) is 0 Å². The summed E-state index contributed by atoms with van der Waals surface area (Å²) in [6.45, 7) is 7.81. The lowest BCUT2D eigenvalue weighted by atomic mass is 10.2. The molecule has 0 aromatic rings. The summed E-state index contributed by atoms with van der Waals surface area (Å²) in [4.78, 5) is 6.77. The van der Waals surface area contributed by atoms with Crippen LogP contribution in [0.1, 0.15) is 39.0 Å². The van der Waals surface area contributed by atoms with E-state index in [1.807, 2.05) is 7.05 Å². The van der Waals surface area contributed by atoms with Gasteiger partial charge in [0, 0.05) is 26.7 Å². The Morgan fingerprint density at radius 3 is 2.22 bits per heavy atom. The highest BCUT2D eigenvalue weighted by Gasteiger charge is 2.08. The molecule has 0 radical (unpaired) electrons. The number of nitrogens with one attached hydrogen (secondary N) is 2. The maximum atomic E-state index is 4.20. The Labute approximate surface area is 129 Å². The fraction of sp³-hybridized carbons (Fsp3) is 0.923. The Morgan fingerprint density at radius 2 is 1.67 bits per heavy atom. The Kier molecular flexibility index (Phi) is 12.0. The largest absolute Gasteiger partial charge is 0.356 e. The van der Waals surface area contributed by atoms with E-state index in [1.54, 1.807) is 0 Å². The van der Waals surface area contributed by atoms with E-state index in [0.717, 1.165) is 32.0 Å². The molecule has 2 N–H and O–H groups in total. The molecule has 0 spiro atoms. The van der Waals surface area contributed by atoms with E-state index in [4.69, 9.17) is 0 Å². The van der Waals surface area contributed by atoms with Gasteiger partial charge in [0.1, 0.15) is 0 Å². The van der Waals surface area contributed by atoms with E-state index < -0.39 is 0 Å². The average Bonchev–Trinajstić information content (AvgIpc) is 2.62. The zero-order chi connectivity index (χ0) is 12.3. The summed E-state index contributed by atoms with van der Waals surface area (Å²) >= 11 is 0. The van der Waals surface area contributed by atoms with Crippen LogP contribution in [0.5, 0.6) is 0 Å². The third-order valence-electron chi connectivity index (χ3n) is 3.19. The fourth-order valence-electron chi connectivity index (χ4n) is 2.16. The van der Waals surface area contributed by atoms with E-state index in [9.17, 15) is 0 Å². The van der Waals surface area contributed by atoms with Gasteiger partial charge in [-0.2, -0.15) is 0 Å². The van der Waals surface area contributed by atoms with Crippen LogP contribution in [0, 0.1) is 0 Å². The van der Waals surface area contributed by atoms with Crippen LogP contribution in [0.25, 0.3) is 0 Å². The van der Waals surface area contributed by atoms with Crippen LogP contribution >= 0.6 is 24.0 Å². The molecular formula is C13H29IN4. The van der Waals surface area contributed by atoms with Crippen LogP contribution in [-0.4, -0.2) is 50.6 Å². The quantitative estimate of drug-likeness (QED) is 0.443. The lowest BCUT2D eigenvalue weighted by Crippen LogP contribution is -2.42. The minimum absolute atomic E-state index is 0. The first kappa shape index (κ1) is 18.0. The molecule has 0 unspecified atom stereocenters. The molecule has 1 fully saturated rings. The average molecular weight is 368 g/mol. The van der Waals surface area contributed by atoms with Crippen LogP contribution in [0.2, 0.25) is 0 Å². The van der Waals surface area contributed by atoms with Crippen molar-refractivity contribution in [3.8, 4) is 0 Å². The van der Waals surface area contributed by atoms with Crippen molar-refractivity contribution in [2.45, 2.75) is 39.0 Å². The highest BCUT2D eigenvalue weighted by molar-refractivity contribution is 14.0. The summed E-state index contributed by atoms with van der Waals surface area (Å²) in [5.74, 6) is 0.932. The van der Waals surface area contributed by atoms with Crippen molar-refractivity contribution in [2.24, 2.45) is 4.99 Å². The lowest BCUT2D eigenvalue weighted by Gasteiger charge is -2.20.